The van der Waals surface area contributed by atoms with Crippen LogP contribution in [0.25, 0.3) is 0 Å². The molecule has 32 heavy (non-hydrogen) atoms. The van der Waals surface area contributed by atoms with Gasteiger partial charge in [0.25, 0.3) is 0 Å². The minimum absolute atomic E-state index is 0.524. The molecule has 186 valence electrons. The van der Waals surface area contributed by atoms with Gasteiger partial charge in [0.15, 0.2) is 12.6 Å². The lowest BCUT2D eigenvalue weighted by Gasteiger charge is -2.46. The summed E-state index contributed by atoms with van der Waals surface area (Å²) in [5.41, 5.74) is 0. The van der Waals surface area contributed by atoms with Crippen molar-refractivity contribution in [2.24, 2.45) is 0 Å². The van der Waals surface area contributed by atoms with Crippen molar-refractivity contribution in [3.05, 3.63) is 12.3 Å². The van der Waals surface area contributed by atoms with E-state index < -0.39 is 99.5 Å². The van der Waals surface area contributed by atoms with E-state index in [1.54, 1.807) is 0 Å². The maximum absolute atomic E-state index is 10.6. The zero-order valence-electron chi connectivity index (χ0n) is 16.8. The summed E-state index contributed by atoms with van der Waals surface area (Å²) in [4.78, 5) is 0. The second kappa shape index (κ2) is 11.0. The maximum Gasteiger partial charge on any atom is 0.187 e. The van der Waals surface area contributed by atoms with Gasteiger partial charge in [-0.15, -0.1) is 0 Å². The van der Waals surface area contributed by atoms with Gasteiger partial charge in [0, 0.05) is 0 Å². The van der Waals surface area contributed by atoms with Crippen LogP contribution in [0.4, 0.5) is 0 Å². The molecule has 0 amide bonds. The third kappa shape index (κ3) is 5.07. The molecule has 0 aromatic carbocycles. The van der Waals surface area contributed by atoms with E-state index in [4.69, 9.17) is 23.7 Å². The number of aliphatic hydroxyl groups is 9. The normalized spacial score (nSPS) is 49.6. The predicted octanol–water partition coefficient (Wildman–Crippen LogP) is -5.74. The van der Waals surface area contributed by atoms with Crippen molar-refractivity contribution in [1.82, 2.24) is 0 Å². The van der Waals surface area contributed by atoms with E-state index in [0.717, 1.165) is 0 Å². The van der Waals surface area contributed by atoms with Crippen LogP contribution in [0.5, 0.6) is 0 Å². The molecular formula is C18H30O14. The van der Waals surface area contributed by atoms with E-state index in [-0.39, 0.29) is 0 Å². The molecule has 0 spiro atoms. The van der Waals surface area contributed by atoms with Crippen molar-refractivity contribution >= 4 is 0 Å². The van der Waals surface area contributed by atoms with Crippen molar-refractivity contribution in [1.29, 1.82) is 0 Å². The van der Waals surface area contributed by atoms with E-state index in [9.17, 15) is 46.0 Å². The van der Waals surface area contributed by atoms with Crippen LogP contribution in [0.3, 0.4) is 0 Å². The van der Waals surface area contributed by atoms with Crippen LogP contribution in [0, 0.1) is 0 Å². The Bertz CT molecular complexity index is 616. The first kappa shape index (κ1) is 25.6. The average Bonchev–Trinajstić information content (AvgIpc) is 2.79. The summed E-state index contributed by atoms with van der Waals surface area (Å²) in [6.07, 6.45) is -16.9. The molecule has 0 aromatic heterocycles. The molecule has 2 fully saturated rings. The van der Waals surface area contributed by atoms with Crippen LogP contribution in [-0.4, -0.2) is 146 Å². The SMILES string of the molecule is OCC1OC=CC(O)[C@@H]1O[C@@H]1OC(CO)[C@H](O[C@H]2OC(CO)[C@@H](O)[C@H](O)C2O)[C@H](O)C1O. The van der Waals surface area contributed by atoms with Crippen LogP contribution in [0.15, 0.2) is 12.3 Å². The lowest BCUT2D eigenvalue weighted by atomic mass is 9.96. The van der Waals surface area contributed by atoms with Crippen LogP contribution in [0.2, 0.25) is 0 Å². The molecule has 9 N–H and O–H groups in total. The quantitative estimate of drug-likeness (QED) is 0.169. The highest BCUT2D eigenvalue weighted by Gasteiger charge is 2.51. The topological polar surface area (TPSA) is 228 Å². The van der Waals surface area contributed by atoms with Gasteiger partial charge in [-0.25, -0.2) is 0 Å². The Kier molecular flexibility index (Phi) is 8.78. The van der Waals surface area contributed by atoms with Crippen molar-refractivity contribution in [3.63, 3.8) is 0 Å². The summed E-state index contributed by atoms with van der Waals surface area (Å²) in [5, 5.41) is 89.4. The summed E-state index contributed by atoms with van der Waals surface area (Å²) < 4.78 is 26.8. The van der Waals surface area contributed by atoms with E-state index in [0.29, 0.717) is 0 Å². The van der Waals surface area contributed by atoms with Crippen molar-refractivity contribution in [3.8, 4) is 0 Å². The number of rotatable bonds is 7. The van der Waals surface area contributed by atoms with E-state index >= 15 is 0 Å². The highest BCUT2D eigenvalue weighted by Crippen LogP contribution is 2.31. The van der Waals surface area contributed by atoms with Gasteiger partial charge in [-0.1, -0.05) is 0 Å². The van der Waals surface area contributed by atoms with Crippen LogP contribution >= 0.6 is 0 Å². The first-order chi connectivity index (χ1) is 15.2. The zero-order valence-corrected chi connectivity index (χ0v) is 16.8. The Morgan fingerprint density at radius 1 is 0.594 bits per heavy atom. The van der Waals surface area contributed by atoms with Crippen LogP contribution in [0.1, 0.15) is 0 Å². The van der Waals surface area contributed by atoms with Crippen LogP contribution < -0.4 is 0 Å². The van der Waals surface area contributed by atoms with Gasteiger partial charge < -0.3 is 69.6 Å². The molecule has 0 aromatic rings. The van der Waals surface area contributed by atoms with Crippen LogP contribution in [-0.2, 0) is 23.7 Å². The third-order valence-corrected chi connectivity index (χ3v) is 5.66. The molecule has 6 unspecified atom stereocenters. The van der Waals surface area contributed by atoms with E-state index in [1.807, 2.05) is 0 Å². The minimum atomic E-state index is -1.78. The molecule has 14 heteroatoms. The molecule has 13 atom stereocenters. The highest BCUT2D eigenvalue weighted by molar-refractivity contribution is 4.99. The van der Waals surface area contributed by atoms with Gasteiger partial charge in [-0.3, -0.25) is 0 Å². The van der Waals surface area contributed by atoms with E-state index in [1.165, 1.54) is 12.3 Å². The molecular weight excluding hydrogens is 440 g/mol. The number of hydrogen-bond acceptors (Lipinski definition) is 14. The molecule has 0 radical (unpaired) electrons. The first-order valence-electron chi connectivity index (χ1n) is 10.1. The lowest BCUT2D eigenvalue weighted by molar-refractivity contribution is -0.366. The summed E-state index contributed by atoms with van der Waals surface area (Å²) in [7, 11) is 0. The zero-order chi connectivity index (χ0) is 23.6. The Morgan fingerprint density at radius 3 is 1.72 bits per heavy atom. The highest BCUT2D eigenvalue weighted by atomic mass is 16.7. The Hall–Kier alpha value is -0.980. The molecule has 3 aliphatic rings. The molecule has 14 nitrogen and oxygen atoms in total. The number of aliphatic hydroxyl groups excluding tert-OH is 9. The predicted molar refractivity (Wildman–Crippen MR) is 98.4 cm³/mol. The van der Waals surface area contributed by atoms with Crippen molar-refractivity contribution in [2.45, 2.75) is 79.7 Å². The fourth-order valence-electron chi connectivity index (χ4n) is 3.77. The number of ether oxygens (including phenoxy) is 5. The minimum Gasteiger partial charge on any atom is -0.493 e. The Labute approximate surface area is 182 Å². The van der Waals surface area contributed by atoms with Gasteiger partial charge in [0.1, 0.15) is 67.1 Å². The van der Waals surface area contributed by atoms with Crippen molar-refractivity contribution in [2.75, 3.05) is 19.8 Å². The molecule has 3 aliphatic heterocycles. The maximum atomic E-state index is 10.6. The summed E-state index contributed by atoms with van der Waals surface area (Å²) in [6, 6.07) is 0. The van der Waals surface area contributed by atoms with E-state index in [2.05, 4.69) is 0 Å². The summed E-state index contributed by atoms with van der Waals surface area (Å²) in [5.74, 6) is 0. The summed E-state index contributed by atoms with van der Waals surface area (Å²) >= 11 is 0. The van der Waals surface area contributed by atoms with Gasteiger partial charge in [-0.2, -0.15) is 0 Å². The summed E-state index contributed by atoms with van der Waals surface area (Å²) in [6.45, 7) is -1.97. The lowest BCUT2D eigenvalue weighted by Crippen LogP contribution is -2.65. The first-order valence-corrected chi connectivity index (χ1v) is 10.1. The smallest absolute Gasteiger partial charge is 0.187 e. The van der Waals surface area contributed by atoms with Gasteiger partial charge in [0.2, 0.25) is 0 Å². The third-order valence-electron chi connectivity index (χ3n) is 5.66. The fraction of sp³-hybridized carbons (Fsp3) is 0.889. The molecule has 3 rings (SSSR count). The number of hydrogen-bond donors (Lipinski definition) is 9. The monoisotopic (exact) mass is 470 g/mol. The second-order valence-corrected chi connectivity index (χ2v) is 7.78. The fourth-order valence-corrected chi connectivity index (χ4v) is 3.77. The molecule has 2 saturated heterocycles. The standard InChI is InChI=1S/C18H30O14/c19-3-7-10(23)11(24)13(26)17(29-7)32-16-9(5-21)30-18(14(27)12(16)25)31-15-6(22)1-2-28-8(15)4-20/h1-2,6-27H,3-5H2/t6?,7?,8?,9?,10-,11+,12-,13?,14?,15+,16+,17-,18+/m1/s1. The average molecular weight is 470 g/mol. The Morgan fingerprint density at radius 2 is 1.12 bits per heavy atom. The molecule has 0 aliphatic carbocycles. The largest absolute Gasteiger partial charge is 0.493 e. The van der Waals surface area contributed by atoms with Gasteiger partial charge in [0.05, 0.1) is 26.1 Å². The Balaban J connectivity index is 1.70. The van der Waals surface area contributed by atoms with Crippen molar-refractivity contribution < 1.29 is 69.6 Å². The van der Waals surface area contributed by atoms with Gasteiger partial charge in [-0.05, 0) is 6.08 Å². The molecule has 0 saturated carbocycles. The molecule has 0 bridgehead atoms. The van der Waals surface area contributed by atoms with Gasteiger partial charge >= 0.3 is 0 Å². The second-order valence-electron chi connectivity index (χ2n) is 7.78. The molecule has 3 heterocycles.